The molecule has 1 unspecified atom stereocenters. The molecular weight excluding hydrogens is 360 g/mol. The van der Waals surface area contributed by atoms with Crippen LogP contribution in [0.15, 0.2) is 18.2 Å². The molecule has 0 fully saturated rings. The van der Waals surface area contributed by atoms with E-state index in [9.17, 15) is 9.59 Å². The molecule has 1 aliphatic heterocycles. The summed E-state index contributed by atoms with van der Waals surface area (Å²) in [4.78, 5) is 27.8. The number of hydrogen-bond acceptors (Lipinski definition) is 4. The van der Waals surface area contributed by atoms with E-state index in [4.69, 9.17) is 4.74 Å². The topological polar surface area (TPSA) is 59.8 Å². The van der Waals surface area contributed by atoms with E-state index in [0.29, 0.717) is 23.6 Å². The molecule has 2 aromatic rings. The predicted octanol–water partition coefficient (Wildman–Crippen LogP) is 2.29. The molecule has 144 valence electrons. The number of hydrogen-bond donors (Lipinski definition) is 2. The van der Waals surface area contributed by atoms with Crippen LogP contribution in [0.3, 0.4) is 0 Å². The van der Waals surface area contributed by atoms with Crippen molar-refractivity contribution in [3.05, 3.63) is 50.9 Å². The summed E-state index contributed by atoms with van der Waals surface area (Å²) in [5.74, 6) is -0.442. The lowest BCUT2D eigenvalue weighted by atomic mass is 10.0. The summed E-state index contributed by atoms with van der Waals surface area (Å²) in [6, 6.07) is 6.09. The van der Waals surface area contributed by atoms with Crippen LogP contribution in [0.5, 0.6) is 0 Å². The zero-order chi connectivity index (χ0) is 19.6. The number of ether oxygens (including phenoxy) is 1. The zero-order valence-corrected chi connectivity index (χ0v) is 17.2. The number of esters is 1. The minimum Gasteiger partial charge on any atom is -0.462 e. The lowest BCUT2D eigenvalue weighted by molar-refractivity contribution is -0.895. The highest BCUT2D eigenvalue weighted by atomic mass is 32.1. The van der Waals surface area contributed by atoms with E-state index >= 15 is 0 Å². The van der Waals surface area contributed by atoms with Crippen molar-refractivity contribution in [1.29, 1.82) is 0 Å². The molecule has 6 heteroatoms. The molecule has 1 amide bonds. The molecule has 1 aromatic heterocycles. The molecular formula is C21H27N2O3S+. The normalized spacial score (nSPS) is 15.9. The number of benzene rings is 1. The fraction of sp³-hybridized carbons (Fsp3) is 0.429. The Morgan fingerprint density at radius 3 is 2.78 bits per heavy atom. The van der Waals surface area contributed by atoms with Gasteiger partial charge < -0.3 is 15.0 Å². The smallest absolute Gasteiger partial charge is 0.341 e. The van der Waals surface area contributed by atoms with Crippen LogP contribution in [0.25, 0.3) is 0 Å². The number of carbonyl (C=O) groups is 2. The maximum absolute atomic E-state index is 12.7. The molecule has 3 rings (SSSR count). The van der Waals surface area contributed by atoms with Gasteiger partial charge in [0.2, 0.25) is 5.91 Å². The third kappa shape index (κ3) is 4.39. The van der Waals surface area contributed by atoms with Gasteiger partial charge in [-0.15, -0.1) is 11.3 Å². The summed E-state index contributed by atoms with van der Waals surface area (Å²) in [6.45, 7) is 8.03. The zero-order valence-electron chi connectivity index (χ0n) is 16.4. The second kappa shape index (κ2) is 8.23. The largest absolute Gasteiger partial charge is 0.462 e. The van der Waals surface area contributed by atoms with Crippen molar-refractivity contribution in [2.24, 2.45) is 0 Å². The number of thiophene rings is 1. The first-order valence-electron chi connectivity index (χ1n) is 9.38. The molecule has 0 saturated heterocycles. The molecule has 0 aliphatic carbocycles. The summed E-state index contributed by atoms with van der Waals surface area (Å²) in [5.41, 5.74) is 4.88. The van der Waals surface area contributed by atoms with Gasteiger partial charge in [0.1, 0.15) is 11.5 Å². The summed E-state index contributed by atoms with van der Waals surface area (Å²) in [6.07, 6.45) is 1.13. The summed E-state index contributed by atoms with van der Waals surface area (Å²) < 4.78 is 5.26. The molecule has 0 bridgehead atoms. The van der Waals surface area contributed by atoms with Gasteiger partial charge in [-0.3, -0.25) is 4.79 Å². The Kier molecular flexibility index (Phi) is 5.97. The minimum absolute atomic E-state index is 0.105. The van der Waals surface area contributed by atoms with E-state index in [1.54, 1.807) is 6.92 Å². The highest BCUT2D eigenvalue weighted by Gasteiger charge is 2.30. The van der Waals surface area contributed by atoms with Crippen molar-refractivity contribution in [1.82, 2.24) is 0 Å². The molecule has 1 aromatic carbocycles. The van der Waals surface area contributed by atoms with Gasteiger partial charge in [0.25, 0.3) is 0 Å². The third-order valence-electron chi connectivity index (χ3n) is 4.94. The van der Waals surface area contributed by atoms with Crippen LogP contribution < -0.4 is 10.2 Å². The number of rotatable bonds is 5. The standard InChI is InChI=1S/C21H26N2O3S/c1-5-26-21(25)19-16-8-9-23(4)12-17(16)27-20(19)22-18(24)11-15-7-6-13(2)10-14(15)3/h6-7,10H,5,8-9,11-12H2,1-4H3,(H,22,24)/p+1. The Balaban J connectivity index is 1.84. The van der Waals surface area contributed by atoms with Crippen molar-refractivity contribution < 1.29 is 19.2 Å². The van der Waals surface area contributed by atoms with Gasteiger partial charge in [-0.05, 0) is 37.5 Å². The van der Waals surface area contributed by atoms with E-state index in [0.717, 1.165) is 36.2 Å². The summed E-state index contributed by atoms with van der Waals surface area (Å²) in [7, 11) is 2.14. The second-order valence-corrected chi connectivity index (χ2v) is 8.32. The first-order valence-corrected chi connectivity index (χ1v) is 10.2. The van der Waals surface area contributed by atoms with Crippen LogP contribution in [0, 0.1) is 13.8 Å². The van der Waals surface area contributed by atoms with Crippen LogP contribution in [0.1, 0.15) is 44.4 Å². The maximum Gasteiger partial charge on any atom is 0.341 e. The molecule has 0 spiro atoms. The number of anilines is 1. The van der Waals surface area contributed by atoms with Crippen LogP contribution in [-0.4, -0.2) is 32.1 Å². The number of quaternary nitrogens is 1. The minimum atomic E-state index is -0.337. The lowest BCUT2D eigenvalue weighted by Crippen LogP contribution is -3.08. The third-order valence-corrected chi connectivity index (χ3v) is 6.08. The van der Waals surface area contributed by atoms with Crippen LogP contribution in [-0.2, 0) is 28.9 Å². The summed E-state index contributed by atoms with van der Waals surface area (Å²) in [5, 5.41) is 3.61. The fourth-order valence-corrected chi connectivity index (χ4v) is 4.88. The van der Waals surface area contributed by atoms with Crippen molar-refractivity contribution >= 4 is 28.2 Å². The highest BCUT2D eigenvalue weighted by Crippen LogP contribution is 2.35. The van der Waals surface area contributed by atoms with Gasteiger partial charge >= 0.3 is 5.97 Å². The number of likely N-dealkylation sites (N-methyl/N-ethyl adjacent to an activating group) is 1. The van der Waals surface area contributed by atoms with Crippen molar-refractivity contribution in [2.45, 2.75) is 40.2 Å². The van der Waals surface area contributed by atoms with Gasteiger partial charge in [0.15, 0.2) is 0 Å². The second-order valence-electron chi connectivity index (χ2n) is 7.22. The number of aryl methyl sites for hydroxylation is 2. The molecule has 0 radical (unpaired) electrons. The van der Waals surface area contributed by atoms with Crippen molar-refractivity contribution in [3.8, 4) is 0 Å². The molecule has 1 aliphatic rings. The van der Waals surface area contributed by atoms with Gasteiger partial charge in [-0.2, -0.15) is 0 Å². The number of fused-ring (bicyclic) bond motifs is 1. The molecule has 2 N–H and O–H groups in total. The number of amides is 1. The molecule has 2 heterocycles. The average Bonchev–Trinajstić information content (AvgIpc) is 2.94. The van der Waals surface area contributed by atoms with Crippen molar-refractivity contribution in [3.63, 3.8) is 0 Å². The highest BCUT2D eigenvalue weighted by molar-refractivity contribution is 7.17. The van der Waals surface area contributed by atoms with E-state index in [2.05, 4.69) is 18.4 Å². The average molecular weight is 388 g/mol. The SMILES string of the molecule is CCOC(=O)c1c(NC(=O)Cc2ccc(C)cc2C)sc2c1CC[NH+](C)C2. The van der Waals surface area contributed by atoms with Gasteiger partial charge in [-0.1, -0.05) is 23.8 Å². The molecule has 1 atom stereocenters. The number of carbonyl (C=O) groups excluding carboxylic acids is 2. The van der Waals surface area contributed by atoms with E-state index in [-0.39, 0.29) is 11.9 Å². The first-order chi connectivity index (χ1) is 12.9. The van der Waals surface area contributed by atoms with Crippen LogP contribution in [0.2, 0.25) is 0 Å². The first kappa shape index (κ1) is 19.6. The Labute approximate surface area is 164 Å². The predicted molar refractivity (Wildman–Crippen MR) is 108 cm³/mol. The molecule has 27 heavy (non-hydrogen) atoms. The van der Waals surface area contributed by atoms with E-state index in [1.807, 2.05) is 26.0 Å². The Morgan fingerprint density at radius 2 is 2.07 bits per heavy atom. The van der Waals surface area contributed by atoms with E-state index in [1.165, 1.54) is 26.7 Å². The molecule has 5 nitrogen and oxygen atoms in total. The Bertz CT molecular complexity index is 873. The maximum atomic E-state index is 12.7. The quantitative estimate of drug-likeness (QED) is 0.774. The number of nitrogens with one attached hydrogen (secondary N) is 2. The van der Waals surface area contributed by atoms with Gasteiger partial charge in [-0.25, -0.2) is 4.79 Å². The van der Waals surface area contributed by atoms with Crippen LogP contribution >= 0.6 is 11.3 Å². The van der Waals surface area contributed by atoms with Crippen molar-refractivity contribution in [2.75, 3.05) is 25.5 Å². The van der Waals surface area contributed by atoms with Gasteiger partial charge in [0, 0.05) is 6.42 Å². The Hall–Kier alpha value is -2.18. The van der Waals surface area contributed by atoms with Crippen LogP contribution in [0.4, 0.5) is 5.00 Å². The lowest BCUT2D eigenvalue weighted by Gasteiger charge is -2.19. The van der Waals surface area contributed by atoms with E-state index < -0.39 is 0 Å². The summed E-state index contributed by atoms with van der Waals surface area (Å²) >= 11 is 1.51. The fourth-order valence-electron chi connectivity index (χ4n) is 3.52. The monoisotopic (exact) mass is 387 g/mol. The van der Waals surface area contributed by atoms with Gasteiger partial charge in [0.05, 0.1) is 37.1 Å². The molecule has 0 saturated carbocycles. The Morgan fingerprint density at radius 1 is 1.30 bits per heavy atom.